The monoisotopic (exact) mass is 480 g/mol. The lowest BCUT2D eigenvalue weighted by molar-refractivity contribution is -0.0498. The first-order chi connectivity index (χ1) is 16.7. The molecule has 0 aliphatic heterocycles. The summed E-state index contributed by atoms with van der Waals surface area (Å²) in [6.45, 7) is 5.90. The average Bonchev–Trinajstić information content (AvgIpc) is 2.83. The van der Waals surface area contributed by atoms with E-state index >= 15 is 0 Å². The van der Waals surface area contributed by atoms with Crippen molar-refractivity contribution in [2.75, 3.05) is 0 Å². The summed E-state index contributed by atoms with van der Waals surface area (Å²) in [4.78, 5) is 12.5. The normalized spacial score (nSPS) is 11.9. The molecule has 0 bridgehead atoms. The Kier molecular flexibility index (Phi) is 8.58. The molecule has 3 aromatic rings. The first-order valence-corrected chi connectivity index (χ1v) is 11.4. The number of hydrogen-bond donors (Lipinski definition) is 1. The molecule has 7 heteroatoms. The highest BCUT2D eigenvalue weighted by Gasteiger charge is 2.13. The van der Waals surface area contributed by atoms with Gasteiger partial charge in [-0.2, -0.15) is 13.9 Å². The molecular weight excluding hydrogens is 450 g/mol. The SMILES string of the molecule is CC/C(=N\NC(=O)c1ccc(COc2ccc(C(C)(C)C)cc2)cc1)c1ccc(OC(F)F)cc1. The van der Waals surface area contributed by atoms with E-state index in [0.717, 1.165) is 11.3 Å². The van der Waals surface area contributed by atoms with E-state index in [0.29, 0.717) is 29.9 Å². The van der Waals surface area contributed by atoms with E-state index in [2.05, 4.69) is 48.2 Å². The molecule has 0 heterocycles. The fourth-order valence-electron chi connectivity index (χ4n) is 3.33. The lowest BCUT2D eigenvalue weighted by Gasteiger charge is -2.19. The number of carbonyl (C=O) groups is 1. The van der Waals surface area contributed by atoms with Crippen LogP contribution in [-0.2, 0) is 12.0 Å². The molecule has 0 saturated heterocycles. The van der Waals surface area contributed by atoms with Crippen molar-refractivity contribution in [1.29, 1.82) is 0 Å². The van der Waals surface area contributed by atoms with Crippen LogP contribution in [0.25, 0.3) is 0 Å². The standard InChI is InChI=1S/C28H30F2N2O3/c1-5-25(20-10-14-24(15-11-20)35-27(29)30)31-32-26(33)21-8-6-19(7-9-21)18-34-23-16-12-22(13-17-23)28(2,3)4/h6-17,27H,5,18H2,1-4H3,(H,32,33)/b31-25+. The number of carbonyl (C=O) groups excluding carboxylic acids is 1. The van der Waals surface area contributed by atoms with Crippen LogP contribution in [-0.4, -0.2) is 18.2 Å². The van der Waals surface area contributed by atoms with Gasteiger partial charge in [-0.15, -0.1) is 0 Å². The maximum atomic E-state index is 12.5. The van der Waals surface area contributed by atoms with Crippen molar-refractivity contribution in [1.82, 2.24) is 5.43 Å². The number of nitrogens with one attached hydrogen (secondary N) is 1. The Hall–Kier alpha value is -3.74. The number of benzene rings is 3. The summed E-state index contributed by atoms with van der Waals surface area (Å²) < 4.78 is 34.8. The molecule has 35 heavy (non-hydrogen) atoms. The number of hydrogen-bond acceptors (Lipinski definition) is 4. The number of ether oxygens (including phenoxy) is 2. The van der Waals surface area contributed by atoms with Crippen LogP contribution in [0.3, 0.4) is 0 Å². The number of alkyl halides is 2. The van der Waals surface area contributed by atoms with Gasteiger partial charge in [-0.25, -0.2) is 5.43 Å². The van der Waals surface area contributed by atoms with Crippen LogP contribution >= 0.6 is 0 Å². The Balaban J connectivity index is 1.56. The molecule has 3 aromatic carbocycles. The van der Waals surface area contributed by atoms with Crippen molar-refractivity contribution in [2.24, 2.45) is 5.10 Å². The highest BCUT2D eigenvalue weighted by atomic mass is 19.3. The Labute approximate surface area is 204 Å². The zero-order valence-electron chi connectivity index (χ0n) is 20.3. The van der Waals surface area contributed by atoms with Crippen LogP contribution in [0.15, 0.2) is 77.9 Å². The van der Waals surface area contributed by atoms with E-state index in [1.807, 2.05) is 31.2 Å². The summed E-state index contributed by atoms with van der Waals surface area (Å²) in [7, 11) is 0. The van der Waals surface area contributed by atoms with Gasteiger partial charge in [-0.1, -0.05) is 52.0 Å². The smallest absolute Gasteiger partial charge is 0.387 e. The van der Waals surface area contributed by atoms with Gasteiger partial charge in [-0.3, -0.25) is 4.79 Å². The second-order valence-electron chi connectivity index (χ2n) is 9.02. The molecule has 3 rings (SSSR count). The van der Waals surface area contributed by atoms with Crippen molar-refractivity contribution < 1.29 is 23.0 Å². The summed E-state index contributed by atoms with van der Waals surface area (Å²) in [5.74, 6) is 0.503. The van der Waals surface area contributed by atoms with E-state index < -0.39 is 6.61 Å². The minimum atomic E-state index is -2.88. The lowest BCUT2D eigenvalue weighted by atomic mass is 9.87. The molecule has 0 radical (unpaired) electrons. The third-order valence-corrected chi connectivity index (χ3v) is 5.38. The Morgan fingerprint density at radius 2 is 1.46 bits per heavy atom. The molecule has 0 saturated carbocycles. The van der Waals surface area contributed by atoms with Gasteiger partial charge >= 0.3 is 6.61 Å². The van der Waals surface area contributed by atoms with Crippen molar-refractivity contribution in [3.63, 3.8) is 0 Å². The van der Waals surface area contributed by atoms with Gasteiger partial charge < -0.3 is 9.47 Å². The first kappa shape index (κ1) is 25.9. The third-order valence-electron chi connectivity index (χ3n) is 5.38. The fourth-order valence-corrected chi connectivity index (χ4v) is 3.33. The first-order valence-electron chi connectivity index (χ1n) is 11.4. The average molecular weight is 481 g/mol. The predicted molar refractivity (Wildman–Crippen MR) is 133 cm³/mol. The summed E-state index contributed by atoms with van der Waals surface area (Å²) in [5.41, 5.74) is 6.61. The Bertz CT molecular complexity index is 1130. The van der Waals surface area contributed by atoms with Crippen LogP contribution in [0, 0.1) is 0 Å². The zero-order valence-corrected chi connectivity index (χ0v) is 20.3. The summed E-state index contributed by atoms with van der Waals surface area (Å²) in [6.07, 6.45) is 0.544. The molecule has 0 unspecified atom stereocenters. The largest absolute Gasteiger partial charge is 0.489 e. The molecule has 0 aromatic heterocycles. The molecule has 5 nitrogen and oxygen atoms in total. The van der Waals surface area contributed by atoms with E-state index in [9.17, 15) is 13.6 Å². The Morgan fingerprint density at radius 1 is 0.886 bits per heavy atom. The van der Waals surface area contributed by atoms with Crippen molar-refractivity contribution in [3.05, 3.63) is 95.1 Å². The van der Waals surface area contributed by atoms with E-state index in [1.54, 1.807) is 24.3 Å². The maximum Gasteiger partial charge on any atom is 0.387 e. The van der Waals surface area contributed by atoms with Crippen molar-refractivity contribution in [2.45, 2.75) is 52.7 Å². The van der Waals surface area contributed by atoms with Crippen LogP contribution in [0.1, 0.15) is 61.2 Å². The molecule has 1 N–H and O–H groups in total. The van der Waals surface area contributed by atoms with Gasteiger partial charge in [0.05, 0.1) is 5.71 Å². The van der Waals surface area contributed by atoms with E-state index in [-0.39, 0.29) is 17.1 Å². The van der Waals surface area contributed by atoms with Gasteiger partial charge in [0.1, 0.15) is 18.1 Å². The summed E-state index contributed by atoms with van der Waals surface area (Å²) >= 11 is 0. The van der Waals surface area contributed by atoms with E-state index in [1.165, 1.54) is 17.7 Å². The molecule has 184 valence electrons. The van der Waals surface area contributed by atoms with Gasteiger partial charge in [0.2, 0.25) is 0 Å². The minimum absolute atomic E-state index is 0.0641. The Morgan fingerprint density at radius 3 is 2.00 bits per heavy atom. The molecule has 0 atom stereocenters. The second kappa shape index (κ2) is 11.6. The molecule has 0 aliphatic carbocycles. The van der Waals surface area contributed by atoms with Gasteiger partial charge in [-0.05, 0) is 77.1 Å². The number of rotatable bonds is 9. The predicted octanol–water partition coefficient (Wildman–Crippen LogP) is 6.71. The van der Waals surface area contributed by atoms with Crippen molar-refractivity contribution >= 4 is 11.6 Å². The summed E-state index contributed by atoms with van der Waals surface area (Å²) in [5, 5.41) is 4.21. The number of nitrogens with zero attached hydrogens (tertiary/aromatic N) is 1. The molecule has 0 spiro atoms. The quantitative estimate of drug-likeness (QED) is 0.274. The van der Waals surface area contributed by atoms with Gasteiger partial charge in [0.25, 0.3) is 5.91 Å². The minimum Gasteiger partial charge on any atom is -0.489 e. The fraction of sp³-hybridized carbons (Fsp3) is 0.286. The molecule has 0 aliphatic rings. The number of amides is 1. The maximum absolute atomic E-state index is 12.5. The zero-order chi connectivity index (χ0) is 25.4. The van der Waals surface area contributed by atoms with Crippen LogP contribution in [0.5, 0.6) is 11.5 Å². The topological polar surface area (TPSA) is 59.9 Å². The van der Waals surface area contributed by atoms with Crippen LogP contribution < -0.4 is 14.9 Å². The molecule has 0 fully saturated rings. The van der Waals surface area contributed by atoms with E-state index in [4.69, 9.17) is 4.74 Å². The summed E-state index contributed by atoms with van der Waals surface area (Å²) in [6, 6.07) is 21.3. The molecule has 1 amide bonds. The number of halogens is 2. The van der Waals surface area contributed by atoms with Crippen LogP contribution in [0.4, 0.5) is 8.78 Å². The number of hydrazone groups is 1. The van der Waals surface area contributed by atoms with Gasteiger partial charge in [0.15, 0.2) is 0 Å². The lowest BCUT2D eigenvalue weighted by Crippen LogP contribution is -2.20. The van der Waals surface area contributed by atoms with Gasteiger partial charge in [0, 0.05) is 5.56 Å². The second-order valence-corrected chi connectivity index (χ2v) is 9.02. The van der Waals surface area contributed by atoms with Crippen LogP contribution in [0.2, 0.25) is 0 Å². The molecular formula is C28H30F2N2O3. The van der Waals surface area contributed by atoms with Crippen molar-refractivity contribution in [3.8, 4) is 11.5 Å². The highest BCUT2D eigenvalue weighted by molar-refractivity contribution is 6.02. The highest BCUT2D eigenvalue weighted by Crippen LogP contribution is 2.24. The third kappa shape index (κ3) is 7.64.